The van der Waals surface area contributed by atoms with Gasteiger partial charge in [-0.05, 0) is 18.1 Å². The predicted octanol–water partition coefficient (Wildman–Crippen LogP) is 3.12. The number of esters is 1. The monoisotopic (exact) mass is 333 g/mol. The molecule has 1 aliphatic carbocycles. The van der Waals surface area contributed by atoms with Crippen LogP contribution in [-0.2, 0) is 9.47 Å². The number of aromatic amines is 1. The summed E-state index contributed by atoms with van der Waals surface area (Å²) in [6, 6.07) is 4.96. The fraction of sp³-hybridized carbons (Fsp3) is 0.556. The van der Waals surface area contributed by atoms with E-state index in [0.717, 1.165) is 0 Å². The molecule has 0 amide bonds. The normalized spacial score (nSPS) is 22.5. The summed E-state index contributed by atoms with van der Waals surface area (Å²) in [5, 5.41) is 0. The minimum Gasteiger partial charge on any atom is -0.458 e. The number of ether oxygens (including phenoxy) is 2. The van der Waals surface area contributed by atoms with Crippen LogP contribution in [0, 0.1) is 11.3 Å². The maximum absolute atomic E-state index is 12.5. The zero-order valence-corrected chi connectivity index (χ0v) is 14.4. The number of para-hydroxylation sites is 1. The van der Waals surface area contributed by atoms with Crippen molar-refractivity contribution in [2.24, 2.45) is 11.3 Å². The minimum atomic E-state index is -0.587. The van der Waals surface area contributed by atoms with Gasteiger partial charge in [0.05, 0.1) is 11.6 Å². The number of hydrogen-bond donors (Lipinski definition) is 1. The third-order valence-electron chi connectivity index (χ3n) is 4.63. The molecular weight excluding hydrogens is 310 g/mol. The number of nitrogens with one attached hydrogen (secondary N) is 1. The van der Waals surface area contributed by atoms with Crippen LogP contribution in [-0.4, -0.2) is 29.8 Å². The van der Waals surface area contributed by atoms with Crippen LogP contribution in [0.1, 0.15) is 44.5 Å². The average molecular weight is 333 g/mol. The van der Waals surface area contributed by atoms with Gasteiger partial charge in [0.1, 0.15) is 11.7 Å². The van der Waals surface area contributed by atoms with Crippen molar-refractivity contribution < 1.29 is 18.7 Å². The quantitative estimate of drug-likeness (QED) is 0.850. The molecule has 1 aromatic heterocycles. The average Bonchev–Trinajstić information content (AvgIpc) is 2.89. The summed E-state index contributed by atoms with van der Waals surface area (Å²) in [5.41, 5.74) is 0.739. The summed E-state index contributed by atoms with van der Waals surface area (Å²) >= 11 is 0. The molecule has 0 bridgehead atoms. The standard InChI is InChI=1S/C18H23NO5/c1-10(2)9-22-13-8-14(18(13,3)4)23-16(20)11-6-5-7-12-15(11)24-17(21)19-12/h5-7,10,13-14H,8-9H2,1-4H3,(H,19,21). The predicted molar refractivity (Wildman–Crippen MR) is 89.0 cm³/mol. The third kappa shape index (κ3) is 2.98. The van der Waals surface area contributed by atoms with E-state index in [1.807, 2.05) is 13.8 Å². The Morgan fingerprint density at radius 3 is 2.79 bits per heavy atom. The molecule has 1 fully saturated rings. The Morgan fingerprint density at radius 1 is 1.38 bits per heavy atom. The van der Waals surface area contributed by atoms with Crippen molar-refractivity contribution >= 4 is 17.1 Å². The zero-order chi connectivity index (χ0) is 17.5. The Balaban J connectivity index is 1.70. The van der Waals surface area contributed by atoms with Crippen molar-refractivity contribution in [2.75, 3.05) is 6.61 Å². The lowest BCUT2D eigenvalue weighted by Gasteiger charge is -2.50. The van der Waals surface area contributed by atoms with Crippen LogP contribution >= 0.6 is 0 Å². The van der Waals surface area contributed by atoms with E-state index in [-0.39, 0.29) is 28.8 Å². The SMILES string of the molecule is CC(C)COC1CC(OC(=O)c2cccc3[nH]c(=O)oc23)C1(C)C. The molecule has 3 rings (SSSR count). The lowest BCUT2D eigenvalue weighted by Crippen LogP contribution is -2.56. The number of carbonyl (C=O) groups is 1. The van der Waals surface area contributed by atoms with Crippen LogP contribution in [0.25, 0.3) is 11.1 Å². The first-order valence-corrected chi connectivity index (χ1v) is 8.23. The van der Waals surface area contributed by atoms with E-state index < -0.39 is 11.7 Å². The molecule has 130 valence electrons. The highest BCUT2D eigenvalue weighted by atomic mass is 16.6. The molecular formula is C18H23NO5. The molecule has 0 saturated heterocycles. The summed E-state index contributed by atoms with van der Waals surface area (Å²) in [4.78, 5) is 26.4. The second-order valence-corrected chi connectivity index (χ2v) is 7.36. The van der Waals surface area contributed by atoms with Crippen LogP contribution in [0.15, 0.2) is 27.4 Å². The highest BCUT2D eigenvalue weighted by molar-refractivity contribution is 6.01. The third-order valence-corrected chi connectivity index (χ3v) is 4.63. The van der Waals surface area contributed by atoms with Crippen molar-refractivity contribution in [3.05, 3.63) is 34.3 Å². The first kappa shape index (κ1) is 16.8. The first-order valence-electron chi connectivity index (χ1n) is 8.23. The Bertz CT molecular complexity index is 801. The number of fused-ring (bicyclic) bond motifs is 1. The molecule has 1 N–H and O–H groups in total. The molecule has 2 unspecified atom stereocenters. The van der Waals surface area contributed by atoms with E-state index in [4.69, 9.17) is 13.9 Å². The number of benzene rings is 1. The Labute approximate surface area is 140 Å². The van der Waals surface area contributed by atoms with Gasteiger partial charge in [-0.1, -0.05) is 33.8 Å². The highest BCUT2D eigenvalue weighted by Crippen LogP contribution is 2.45. The van der Waals surface area contributed by atoms with Crippen LogP contribution in [0.4, 0.5) is 0 Å². The van der Waals surface area contributed by atoms with Gasteiger partial charge in [0.2, 0.25) is 0 Å². The largest absolute Gasteiger partial charge is 0.458 e. The number of carbonyl (C=O) groups excluding carboxylic acids is 1. The molecule has 2 aromatic rings. The van der Waals surface area contributed by atoms with Crippen molar-refractivity contribution in [1.82, 2.24) is 4.98 Å². The van der Waals surface area contributed by atoms with Gasteiger partial charge in [-0.15, -0.1) is 0 Å². The van der Waals surface area contributed by atoms with Gasteiger partial charge >= 0.3 is 11.7 Å². The molecule has 2 atom stereocenters. The molecule has 24 heavy (non-hydrogen) atoms. The summed E-state index contributed by atoms with van der Waals surface area (Å²) in [6.07, 6.45) is 0.542. The molecule has 6 nitrogen and oxygen atoms in total. The van der Waals surface area contributed by atoms with E-state index in [1.165, 1.54) is 0 Å². The van der Waals surface area contributed by atoms with Crippen LogP contribution in [0.5, 0.6) is 0 Å². The van der Waals surface area contributed by atoms with E-state index in [0.29, 0.717) is 24.5 Å². The molecule has 0 spiro atoms. The molecule has 0 radical (unpaired) electrons. The molecule has 1 saturated carbocycles. The Hall–Kier alpha value is -2.08. The van der Waals surface area contributed by atoms with Gasteiger partial charge in [-0.25, -0.2) is 9.59 Å². The number of aromatic nitrogens is 1. The van der Waals surface area contributed by atoms with Crippen molar-refractivity contribution in [3.8, 4) is 0 Å². The maximum atomic E-state index is 12.5. The van der Waals surface area contributed by atoms with E-state index in [9.17, 15) is 9.59 Å². The molecule has 6 heteroatoms. The van der Waals surface area contributed by atoms with Gasteiger partial charge in [0.15, 0.2) is 5.58 Å². The maximum Gasteiger partial charge on any atom is 0.417 e. The fourth-order valence-corrected chi connectivity index (χ4v) is 2.97. The first-order chi connectivity index (χ1) is 11.3. The van der Waals surface area contributed by atoms with Crippen LogP contribution in [0.2, 0.25) is 0 Å². The minimum absolute atomic E-state index is 0.0821. The van der Waals surface area contributed by atoms with E-state index in [1.54, 1.807) is 18.2 Å². The summed E-state index contributed by atoms with van der Waals surface area (Å²) in [6.45, 7) is 8.98. The topological polar surface area (TPSA) is 81.5 Å². The van der Waals surface area contributed by atoms with Gasteiger partial charge in [0.25, 0.3) is 0 Å². The lowest BCUT2D eigenvalue weighted by atomic mass is 9.66. The van der Waals surface area contributed by atoms with Gasteiger partial charge in [-0.2, -0.15) is 0 Å². The number of rotatable bonds is 5. The molecule has 1 aliphatic rings. The van der Waals surface area contributed by atoms with Crippen molar-refractivity contribution in [1.29, 1.82) is 0 Å². The second kappa shape index (κ2) is 6.09. The number of H-pyrrole nitrogens is 1. The summed E-state index contributed by atoms with van der Waals surface area (Å²) in [5.74, 6) is -0.600. The Morgan fingerprint density at radius 2 is 2.12 bits per heavy atom. The Kier molecular flexibility index (Phi) is 4.25. The van der Waals surface area contributed by atoms with Gasteiger partial charge < -0.3 is 13.9 Å². The highest BCUT2D eigenvalue weighted by Gasteiger charge is 2.51. The smallest absolute Gasteiger partial charge is 0.417 e. The van der Waals surface area contributed by atoms with Crippen molar-refractivity contribution in [3.63, 3.8) is 0 Å². The van der Waals surface area contributed by atoms with Gasteiger partial charge in [-0.3, -0.25) is 4.98 Å². The van der Waals surface area contributed by atoms with Crippen LogP contribution in [0.3, 0.4) is 0 Å². The van der Waals surface area contributed by atoms with Crippen LogP contribution < -0.4 is 5.76 Å². The molecule has 1 heterocycles. The number of oxazole rings is 1. The molecule has 1 aromatic carbocycles. The lowest BCUT2D eigenvalue weighted by molar-refractivity contribution is -0.180. The fourth-order valence-electron chi connectivity index (χ4n) is 2.97. The van der Waals surface area contributed by atoms with Gasteiger partial charge in [0, 0.05) is 18.4 Å². The summed E-state index contributed by atoms with van der Waals surface area (Å²) in [7, 11) is 0. The molecule has 0 aliphatic heterocycles. The summed E-state index contributed by atoms with van der Waals surface area (Å²) < 4.78 is 16.6. The van der Waals surface area contributed by atoms with E-state index >= 15 is 0 Å². The second-order valence-electron chi connectivity index (χ2n) is 7.36. The number of hydrogen-bond acceptors (Lipinski definition) is 5. The van der Waals surface area contributed by atoms with Crippen molar-refractivity contribution in [2.45, 2.75) is 46.3 Å². The zero-order valence-electron chi connectivity index (χ0n) is 14.4. The van der Waals surface area contributed by atoms with E-state index in [2.05, 4.69) is 18.8 Å².